The highest BCUT2D eigenvalue weighted by Gasteiger charge is 2.23. The van der Waals surface area contributed by atoms with Crippen LogP contribution in [0.4, 0.5) is 0 Å². The van der Waals surface area contributed by atoms with Gasteiger partial charge in [-0.3, -0.25) is 4.79 Å². The Hall–Kier alpha value is -1.81. The minimum absolute atomic E-state index is 0.0712. The van der Waals surface area contributed by atoms with Crippen molar-refractivity contribution in [2.24, 2.45) is 0 Å². The first-order valence-corrected chi connectivity index (χ1v) is 6.90. The van der Waals surface area contributed by atoms with Crippen LogP contribution in [-0.2, 0) is 4.79 Å². The number of aromatic nitrogens is 1. The Labute approximate surface area is 117 Å². The zero-order valence-corrected chi connectivity index (χ0v) is 11.8. The molecule has 1 amide bonds. The second kappa shape index (κ2) is 6.38. The number of hydrogen-bond acceptors (Lipinski definition) is 3. The molecule has 0 bridgehead atoms. The lowest BCUT2D eigenvalue weighted by atomic mass is 10.1. The van der Waals surface area contributed by atoms with Crippen molar-refractivity contribution in [2.45, 2.75) is 10.3 Å². The predicted molar refractivity (Wildman–Crippen MR) is 78.0 cm³/mol. The van der Waals surface area contributed by atoms with E-state index >= 15 is 0 Å². The maximum Gasteiger partial charge on any atom is 0.240 e. The van der Waals surface area contributed by atoms with Crippen LogP contribution in [0.25, 0.3) is 0 Å². The largest absolute Gasteiger partial charge is 0.348 e. The van der Waals surface area contributed by atoms with Gasteiger partial charge in [0.25, 0.3) is 0 Å². The van der Waals surface area contributed by atoms with E-state index in [-0.39, 0.29) is 11.2 Å². The monoisotopic (exact) mass is 272 g/mol. The summed E-state index contributed by atoms with van der Waals surface area (Å²) in [6.07, 6.45) is 1.74. The summed E-state index contributed by atoms with van der Waals surface area (Å²) < 4.78 is 0. The lowest BCUT2D eigenvalue weighted by Gasteiger charge is -2.20. The van der Waals surface area contributed by atoms with E-state index in [9.17, 15) is 4.79 Å². The second-order valence-corrected chi connectivity index (χ2v) is 5.43. The minimum Gasteiger partial charge on any atom is -0.348 e. The second-order valence-electron chi connectivity index (χ2n) is 4.31. The molecule has 19 heavy (non-hydrogen) atoms. The van der Waals surface area contributed by atoms with Gasteiger partial charge in [0.15, 0.2) is 0 Å². The van der Waals surface area contributed by atoms with Crippen LogP contribution in [0.15, 0.2) is 59.8 Å². The number of amides is 1. The number of rotatable bonds is 4. The Kier molecular flexibility index (Phi) is 4.58. The summed E-state index contributed by atoms with van der Waals surface area (Å²) in [5.74, 6) is 0.0712. The first-order chi connectivity index (χ1) is 9.18. The lowest BCUT2D eigenvalue weighted by molar-refractivity contribution is -0.128. The summed E-state index contributed by atoms with van der Waals surface area (Å²) in [7, 11) is 3.55. The molecule has 1 aromatic heterocycles. The highest BCUT2D eigenvalue weighted by atomic mass is 32.2. The highest BCUT2D eigenvalue weighted by molar-refractivity contribution is 8.00. The molecule has 98 valence electrons. The van der Waals surface area contributed by atoms with E-state index in [2.05, 4.69) is 4.98 Å². The van der Waals surface area contributed by atoms with Crippen molar-refractivity contribution < 1.29 is 4.79 Å². The fourth-order valence-electron chi connectivity index (χ4n) is 1.66. The molecule has 1 heterocycles. The van der Waals surface area contributed by atoms with Gasteiger partial charge < -0.3 is 4.90 Å². The molecule has 0 spiro atoms. The van der Waals surface area contributed by atoms with Crippen molar-refractivity contribution >= 4 is 17.7 Å². The van der Waals surface area contributed by atoms with Gasteiger partial charge in [0.1, 0.15) is 5.25 Å². The van der Waals surface area contributed by atoms with Crippen LogP contribution in [0.1, 0.15) is 10.8 Å². The molecule has 0 saturated carbocycles. The number of carbonyl (C=O) groups is 1. The number of likely N-dealkylation sites (N-methyl/N-ethyl adjacent to an activating group) is 1. The molecule has 0 fully saturated rings. The number of pyridine rings is 1. The van der Waals surface area contributed by atoms with Crippen molar-refractivity contribution in [1.82, 2.24) is 9.88 Å². The van der Waals surface area contributed by atoms with Crippen LogP contribution in [0.2, 0.25) is 0 Å². The standard InChI is InChI=1S/C15H16N2OS/c1-17(2)15(18)14(12-8-4-3-5-9-12)19-13-10-6-7-11-16-13/h3-11,14H,1-2H3. The van der Waals surface area contributed by atoms with Gasteiger partial charge in [0.2, 0.25) is 5.91 Å². The van der Waals surface area contributed by atoms with Crippen LogP contribution in [0.5, 0.6) is 0 Å². The average Bonchev–Trinajstić information content (AvgIpc) is 2.46. The first-order valence-electron chi connectivity index (χ1n) is 6.02. The third kappa shape index (κ3) is 3.58. The molecule has 0 aliphatic rings. The Morgan fingerprint density at radius 3 is 2.37 bits per heavy atom. The van der Waals surface area contributed by atoms with Crippen LogP contribution in [0, 0.1) is 0 Å². The van der Waals surface area contributed by atoms with Gasteiger partial charge in [-0.15, -0.1) is 0 Å². The summed E-state index contributed by atoms with van der Waals surface area (Å²) in [5, 5.41) is 0.595. The molecule has 0 aliphatic carbocycles. The third-order valence-corrected chi connectivity index (χ3v) is 3.84. The van der Waals surface area contributed by atoms with Crippen molar-refractivity contribution in [3.8, 4) is 0 Å². The van der Waals surface area contributed by atoms with Crippen molar-refractivity contribution in [1.29, 1.82) is 0 Å². The summed E-state index contributed by atoms with van der Waals surface area (Å²) >= 11 is 1.48. The van der Waals surface area contributed by atoms with Crippen LogP contribution >= 0.6 is 11.8 Å². The quantitative estimate of drug-likeness (QED) is 0.802. The van der Waals surface area contributed by atoms with Gasteiger partial charge in [0.05, 0.1) is 5.03 Å². The number of benzene rings is 1. The molecule has 0 aliphatic heterocycles. The molecule has 2 aromatic rings. The average molecular weight is 272 g/mol. The van der Waals surface area contributed by atoms with Gasteiger partial charge in [-0.05, 0) is 17.7 Å². The number of hydrogen-bond donors (Lipinski definition) is 0. The zero-order valence-electron chi connectivity index (χ0n) is 11.0. The molecule has 0 N–H and O–H groups in total. The fourth-order valence-corrected chi connectivity index (χ4v) is 2.79. The van der Waals surface area contributed by atoms with Crippen molar-refractivity contribution in [3.05, 3.63) is 60.3 Å². The summed E-state index contributed by atoms with van der Waals surface area (Å²) in [4.78, 5) is 18.2. The maximum atomic E-state index is 12.3. The molecular formula is C15H16N2OS. The Morgan fingerprint density at radius 2 is 1.79 bits per heavy atom. The molecule has 4 heteroatoms. The number of nitrogens with zero attached hydrogens (tertiary/aromatic N) is 2. The molecule has 1 aromatic carbocycles. The van der Waals surface area contributed by atoms with Crippen LogP contribution in [0.3, 0.4) is 0 Å². The van der Waals surface area contributed by atoms with Crippen molar-refractivity contribution in [2.75, 3.05) is 14.1 Å². The fraction of sp³-hybridized carbons (Fsp3) is 0.200. The van der Waals surface area contributed by atoms with Gasteiger partial charge >= 0.3 is 0 Å². The Morgan fingerprint density at radius 1 is 1.11 bits per heavy atom. The minimum atomic E-state index is -0.258. The number of thioether (sulfide) groups is 1. The van der Waals surface area contributed by atoms with E-state index in [4.69, 9.17) is 0 Å². The van der Waals surface area contributed by atoms with E-state index in [1.807, 2.05) is 48.5 Å². The molecule has 3 nitrogen and oxygen atoms in total. The zero-order chi connectivity index (χ0) is 13.7. The highest BCUT2D eigenvalue weighted by Crippen LogP contribution is 2.35. The SMILES string of the molecule is CN(C)C(=O)C(Sc1ccccn1)c1ccccc1. The van der Waals surface area contributed by atoms with E-state index in [1.54, 1.807) is 25.2 Å². The normalized spacial score (nSPS) is 11.9. The van der Waals surface area contributed by atoms with Crippen LogP contribution < -0.4 is 0 Å². The van der Waals surface area contributed by atoms with Crippen LogP contribution in [-0.4, -0.2) is 29.9 Å². The topological polar surface area (TPSA) is 33.2 Å². The molecular weight excluding hydrogens is 256 g/mol. The Bertz CT molecular complexity index is 528. The lowest BCUT2D eigenvalue weighted by Crippen LogP contribution is -2.26. The molecule has 0 radical (unpaired) electrons. The summed E-state index contributed by atoms with van der Waals surface area (Å²) in [5.41, 5.74) is 0.997. The van der Waals surface area contributed by atoms with Gasteiger partial charge in [-0.2, -0.15) is 0 Å². The predicted octanol–water partition coefficient (Wildman–Crippen LogP) is 3.00. The molecule has 0 saturated heterocycles. The van der Waals surface area contributed by atoms with E-state index in [0.29, 0.717) is 0 Å². The summed E-state index contributed by atoms with van der Waals surface area (Å²) in [6.45, 7) is 0. The van der Waals surface area contributed by atoms with Gasteiger partial charge in [-0.25, -0.2) is 4.98 Å². The molecule has 1 unspecified atom stereocenters. The third-order valence-electron chi connectivity index (χ3n) is 2.64. The Balaban J connectivity index is 2.28. The van der Waals surface area contributed by atoms with Gasteiger partial charge in [0, 0.05) is 20.3 Å². The maximum absolute atomic E-state index is 12.3. The van der Waals surface area contributed by atoms with E-state index < -0.39 is 0 Å². The molecule has 1 atom stereocenters. The van der Waals surface area contributed by atoms with Crippen molar-refractivity contribution in [3.63, 3.8) is 0 Å². The van der Waals surface area contributed by atoms with E-state index in [0.717, 1.165) is 10.6 Å². The molecule has 2 rings (SSSR count). The smallest absolute Gasteiger partial charge is 0.240 e. The first kappa shape index (κ1) is 13.6. The van der Waals surface area contributed by atoms with Gasteiger partial charge in [-0.1, -0.05) is 48.2 Å². The summed E-state index contributed by atoms with van der Waals surface area (Å²) in [6, 6.07) is 15.5. The van der Waals surface area contributed by atoms with E-state index in [1.165, 1.54) is 11.8 Å². The number of carbonyl (C=O) groups excluding carboxylic acids is 1.